The zero-order valence-corrected chi connectivity index (χ0v) is 19.5. The Hall–Kier alpha value is -3.09. The molecule has 1 saturated heterocycles. The Labute approximate surface area is 194 Å². The molecule has 0 saturated carbocycles. The molecule has 0 bridgehead atoms. The van der Waals surface area contributed by atoms with Crippen LogP contribution in [0.15, 0.2) is 45.4 Å². The molecule has 33 heavy (non-hydrogen) atoms. The summed E-state index contributed by atoms with van der Waals surface area (Å²) in [6.45, 7) is 3.06. The summed E-state index contributed by atoms with van der Waals surface area (Å²) in [6.07, 6.45) is 2.21. The van der Waals surface area contributed by atoms with Crippen LogP contribution in [0.4, 0.5) is 0 Å². The van der Waals surface area contributed by atoms with Crippen LogP contribution >= 0.6 is 11.3 Å². The lowest BCUT2D eigenvalue weighted by Gasteiger charge is -2.16. The predicted molar refractivity (Wildman–Crippen MR) is 124 cm³/mol. The molecule has 10 nitrogen and oxygen atoms in total. The third-order valence-corrected chi connectivity index (χ3v) is 8.31. The van der Waals surface area contributed by atoms with E-state index in [1.807, 2.05) is 6.92 Å². The number of nitrogens with zero attached hydrogens (tertiary/aromatic N) is 3. The molecule has 1 aliphatic heterocycles. The Bertz CT molecular complexity index is 1370. The Kier molecular flexibility index (Phi) is 6.58. The lowest BCUT2D eigenvalue weighted by molar-refractivity contribution is 0.0844. The van der Waals surface area contributed by atoms with Gasteiger partial charge in [-0.25, -0.2) is 13.1 Å². The normalized spacial score (nSPS) is 14.5. The number of aryl methyl sites for hydroxylation is 1. The van der Waals surface area contributed by atoms with E-state index in [9.17, 15) is 22.8 Å². The van der Waals surface area contributed by atoms with E-state index in [1.165, 1.54) is 20.4 Å². The number of rotatable bonds is 6. The maximum Gasteiger partial charge on any atom is 0.290 e. The van der Waals surface area contributed by atoms with E-state index in [-0.39, 0.29) is 21.0 Å². The molecule has 1 fully saturated rings. The number of hydrazine groups is 1. The summed E-state index contributed by atoms with van der Waals surface area (Å²) in [5, 5.41) is 6.40. The Morgan fingerprint density at radius 1 is 1.06 bits per heavy atom. The lowest BCUT2D eigenvalue weighted by Crippen LogP contribution is -2.43. The second-order valence-electron chi connectivity index (χ2n) is 7.56. The fourth-order valence-corrected chi connectivity index (χ4v) is 6.54. The van der Waals surface area contributed by atoms with Gasteiger partial charge in [0.25, 0.3) is 17.4 Å². The number of nitrogens with one attached hydrogen (secondary N) is 2. The zero-order valence-electron chi connectivity index (χ0n) is 17.9. The van der Waals surface area contributed by atoms with Crippen LogP contribution in [0.1, 0.15) is 46.3 Å². The molecule has 0 aliphatic carbocycles. The number of hydrogen-bond acceptors (Lipinski definition) is 7. The van der Waals surface area contributed by atoms with Gasteiger partial charge in [-0.1, -0.05) is 25.1 Å². The molecule has 12 heteroatoms. The first-order chi connectivity index (χ1) is 15.8. The monoisotopic (exact) mass is 489 g/mol. The third-order valence-electron chi connectivity index (χ3n) is 5.33. The van der Waals surface area contributed by atoms with Crippen LogP contribution in [0.5, 0.6) is 0 Å². The van der Waals surface area contributed by atoms with E-state index in [0.717, 1.165) is 24.2 Å². The number of amides is 2. The number of carbonyl (C=O) groups excluding carboxylic acids is 2. The summed E-state index contributed by atoms with van der Waals surface area (Å²) in [6, 6.07) is 8.00. The van der Waals surface area contributed by atoms with Crippen molar-refractivity contribution in [2.24, 2.45) is 0 Å². The highest BCUT2D eigenvalue weighted by atomic mass is 32.2. The summed E-state index contributed by atoms with van der Waals surface area (Å²) < 4.78 is 28.3. The van der Waals surface area contributed by atoms with Gasteiger partial charge < -0.3 is 0 Å². The number of aromatic nitrogens is 2. The van der Waals surface area contributed by atoms with Crippen LogP contribution in [0.3, 0.4) is 0 Å². The number of fused-ring (bicyclic) bond motifs is 1. The van der Waals surface area contributed by atoms with Crippen molar-refractivity contribution in [3.63, 3.8) is 0 Å². The summed E-state index contributed by atoms with van der Waals surface area (Å²) in [5.41, 5.74) is 4.26. The van der Waals surface area contributed by atoms with Gasteiger partial charge in [-0.05, 0) is 36.8 Å². The van der Waals surface area contributed by atoms with Crippen LogP contribution in [0.2, 0.25) is 0 Å². The van der Waals surface area contributed by atoms with Crippen LogP contribution in [0.25, 0.3) is 10.8 Å². The fourth-order valence-electron chi connectivity index (χ4n) is 3.73. The topological polar surface area (TPSA) is 130 Å². The van der Waals surface area contributed by atoms with Crippen molar-refractivity contribution in [2.75, 3.05) is 13.1 Å². The molecule has 174 valence electrons. The van der Waals surface area contributed by atoms with Gasteiger partial charge in [0.1, 0.15) is 9.77 Å². The van der Waals surface area contributed by atoms with Gasteiger partial charge >= 0.3 is 0 Å². The molecule has 1 aromatic carbocycles. The Balaban J connectivity index is 1.57. The summed E-state index contributed by atoms with van der Waals surface area (Å²) in [5.74, 6) is -1.47. The molecule has 3 heterocycles. The maximum atomic E-state index is 12.9. The van der Waals surface area contributed by atoms with Gasteiger partial charge in [0.05, 0.1) is 5.39 Å². The van der Waals surface area contributed by atoms with Crippen molar-refractivity contribution in [1.82, 2.24) is 24.9 Å². The van der Waals surface area contributed by atoms with Crippen LogP contribution in [0, 0.1) is 0 Å². The van der Waals surface area contributed by atoms with Gasteiger partial charge in [0, 0.05) is 25.0 Å². The highest BCUT2D eigenvalue weighted by Gasteiger charge is 2.32. The highest BCUT2D eigenvalue weighted by Crippen LogP contribution is 2.27. The quantitative estimate of drug-likeness (QED) is 0.507. The molecule has 2 aromatic heterocycles. The molecule has 0 unspecified atom stereocenters. The van der Waals surface area contributed by atoms with Gasteiger partial charge in [-0.3, -0.25) is 25.2 Å². The number of thiophene rings is 1. The molecule has 2 N–H and O–H groups in total. The minimum Gasteiger partial charge on any atom is -0.267 e. The summed E-state index contributed by atoms with van der Waals surface area (Å²) in [4.78, 5) is 38.1. The smallest absolute Gasteiger partial charge is 0.267 e. The van der Waals surface area contributed by atoms with Crippen molar-refractivity contribution >= 4 is 43.9 Å². The zero-order chi connectivity index (χ0) is 23.6. The third kappa shape index (κ3) is 4.41. The average Bonchev–Trinajstić information content (AvgIpc) is 3.52. The molecule has 3 aromatic rings. The van der Waals surface area contributed by atoms with Crippen molar-refractivity contribution < 1.29 is 18.0 Å². The highest BCUT2D eigenvalue weighted by molar-refractivity contribution is 7.89. The second-order valence-corrected chi connectivity index (χ2v) is 10.4. The van der Waals surface area contributed by atoms with Gasteiger partial charge in [0.15, 0.2) is 5.69 Å². The van der Waals surface area contributed by atoms with E-state index in [0.29, 0.717) is 36.8 Å². The molecule has 0 spiro atoms. The molecular weight excluding hydrogens is 466 g/mol. The molecule has 1 aliphatic rings. The van der Waals surface area contributed by atoms with E-state index in [4.69, 9.17) is 0 Å². The van der Waals surface area contributed by atoms with Gasteiger partial charge in [0.2, 0.25) is 10.0 Å². The minimum atomic E-state index is -3.79. The van der Waals surface area contributed by atoms with E-state index in [1.54, 1.807) is 24.3 Å². The number of hydrogen-bond donors (Lipinski definition) is 2. The first-order valence-corrected chi connectivity index (χ1v) is 12.8. The van der Waals surface area contributed by atoms with Gasteiger partial charge in [-0.2, -0.15) is 9.40 Å². The minimum absolute atomic E-state index is 0.0176. The molecule has 0 atom stereocenters. The average molecular weight is 490 g/mol. The van der Waals surface area contributed by atoms with Crippen LogP contribution in [-0.4, -0.2) is 47.4 Å². The number of sulfonamides is 1. The Morgan fingerprint density at radius 2 is 1.73 bits per heavy atom. The molecule has 4 rings (SSSR count). The van der Waals surface area contributed by atoms with E-state index in [2.05, 4.69) is 16.0 Å². The van der Waals surface area contributed by atoms with Gasteiger partial charge in [-0.15, -0.1) is 11.3 Å². The van der Waals surface area contributed by atoms with Crippen LogP contribution < -0.4 is 16.4 Å². The van der Waals surface area contributed by atoms with E-state index >= 15 is 0 Å². The number of benzene rings is 1. The van der Waals surface area contributed by atoms with Crippen molar-refractivity contribution in [1.29, 1.82) is 0 Å². The second kappa shape index (κ2) is 9.41. The lowest BCUT2D eigenvalue weighted by atomic mass is 10.1. The van der Waals surface area contributed by atoms with E-state index < -0.39 is 21.8 Å². The van der Waals surface area contributed by atoms with Crippen LogP contribution in [-0.2, 0) is 16.6 Å². The summed E-state index contributed by atoms with van der Waals surface area (Å²) >= 11 is 0.974. The first-order valence-electron chi connectivity index (χ1n) is 10.5. The standard InChI is InChI=1S/C21H23N5O5S2/c1-2-10-26-21(29)15-8-4-3-7-14(15)17(24-26)19(27)22-23-20(28)18-16(9-13-32-18)33(30,31)25-11-5-6-12-25/h3-4,7-9,13H,2,5-6,10-12H2,1H3,(H,22,27)(H,23,28). The van der Waals surface area contributed by atoms with Crippen molar-refractivity contribution in [3.8, 4) is 0 Å². The molecule has 0 radical (unpaired) electrons. The fraction of sp³-hybridized carbons (Fsp3) is 0.333. The molecular formula is C21H23N5O5S2. The first kappa shape index (κ1) is 23.1. The number of carbonyl (C=O) groups is 2. The predicted octanol–water partition coefficient (Wildman–Crippen LogP) is 1.73. The van der Waals surface area contributed by atoms with Crippen molar-refractivity contribution in [3.05, 3.63) is 56.6 Å². The maximum absolute atomic E-state index is 12.9. The molecule has 2 amide bonds. The van der Waals surface area contributed by atoms with Crippen molar-refractivity contribution in [2.45, 2.75) is 37.6 Å². The summed E-state index contributed by atoms with van der Waals surface area (Å²) in [7, 11) is -3.79. The largest absolute Gasteiger partial charge is 0.290 e. The SMILES string of the molecule is CCCn1nc(C(=O)NNC(=O)c2sccc2S(=O)(=O)N2CCCC2)c2ccccc2c1=O. The Morgan fingerprint density at radius 3 is 2.42 bits per heavy atom.